The van der Waals surface area contributed by atoms with E-state index in [2.05, 4.69) is 0 Å². The lowest BCUT2D eigenvalue weighted by atomic mass is 9.88. The predicted octanol–water partition coefficient (Wildman–Crippen LogP) is 2.88. The van der Waals surface area contributed by atoms with E-state index < -0.39 is 41.5 Å². The Morgan fingerprint density at radius 2 is 1.72 bits per heavy atom. The van der Waals surface area contributed by atoms with Gasteiger partial charge in [-0.3, -0.25) is 9.59 Å². The number of carbonyl (C=O) groups excluding carboxylic acids is 1. The van der Waals surface area contributed by atoms with Gasteiger partial charge in [0.25, 0.3) is 5.91 Å². The third-order valence-electron chi connectivity index (χ3n) is 3.94. The van der Waals surface area contributed by atoms with Gasteiger partial charge in [-0.1, -0.05) is 13.0 Å². The number of benzene rings is 1. The molecule has 9 heteroatoms. The number of alkyl halides is 3. The number of halogens is 3. The lowest BCUT2D eigenvalue weighted by Gasteiger charge is -2.38. The van der Waals surface area contributed by atoms with Crippen LogP contribution in [0.15, 0.2) is 24.3 Å². The summed E-state index contributed by atoms with van der Waals surface area (Å²) in [6, 6.07) is 3.57. The summed E-state index contributed by atoms with van der Waals surface area (Å²) in [5.41, 5.74) is -3.46. The first-order valence-electron chi connectivity index (χ1n) is 7.44. The summed E-state index contributed by atoms with van der Waals surface area (Å²) >= 11 is 0. The Kier molecular flexibility index (Phi) is 6.17. The number of carbonyl (C=O) groups is 3. The van der Waals surface area contributed by atoms with E-state index in [-0.39, 0.29) is 18.5 Å². The second-order valence-corrected chi connectivity index (χ2v) is 5.39. The van der Waals surface area contributed by atoms with E-state index in [1.807, 2.05) is 0 Å². The fourth-order valence-corrected chi connectivity index (χ4v) is 2.63. The maximum atomic E-state index is 12.8. The van der Waals surface area contributed by atoms with Crippen LogP contribution in [-0.2, 0) is 15.8 Å². The van der Waals surface area contributed by atoms with Gasteiger partial charge in [-0.25, -0.2) is 4.79 Å². The quantitative estimate of drug-likeness (QED) is 0.779. The molecule has 6 nitrogen and oxygen atoms in total. The number of carboxylic acids is 2. The second kappa shape index (κ2) is 7.54. The van der Waals surface area contributed by atoms with Gasteiger partial charge >= 0.3 is 18.1 Å². The van der Waals surface area contributed by atoms with Gasteiger partial charge in [-0.15, -0.1) is 0 Å². The van der Waals surface area contributed by atoms with Crippen molar-refractivity contribution in [3.63, 3.8) is 0 Å². The van der Waals surface area contributed by atoms with Gasteiger partial charge in [-0.2, -0.15) is 13.2 Å². The first-order chi connectivity index (χ1) is 11.5. The fourth-order valence-electron chi connectivity index (χ4n) is 2.63. The largest absolute Gasteiger partial charge is 0.481 e. The monoisotopic (exact) mass is 361 g/mol. The van der Waals surface area contributed by atoms with Gasteiger partial charge < -0.3 is 15.1 Å². The number of rotatable bonds is 7. The summed E-state index contributed by atoms with van der Waals surface area (Å²) < 4.78 is 38.5. The van der Waals surface area contributed by atoms with Crippen LogP contribution in [0, 0.1) is 0 Å². The summed E-state index contributed by atoms with van der Waals surface area (Å²) in [6.45, 7) is 2.66. The number of aliphatic carboxylic acids is 2. The zero-order chi connectivity index (χ0) is 19.4. The Balaban J connectivity index is 3.40. The summed E-state index contributed by atoms with van der Waals surface area (Å²) in [4.78, 5) is 36.2. The summed E-state index contributed by atoms with van der Waals surface area (Å²) in [6.07, 6.45) is -5.74. The number of likely N-dealkylation sites (N-methyl/N-ethyl adjacent to an activating group) is 1. The van der Waals surface area contributed by atoms with Gasteiger partial charge in [0.2, 0.25) is 0 Å². The molecule has 0 fully saturated rings. The van der Waals surface area contributed by atoms with Gasteiger partial charge in [0.15, 0.2) is 5.54 Å². The molecule has 0 radical (unpaired) electrons. The Morgan fingerprint density at radius 1 is 1.12 bits per heavy atom. The number of carboxylic acid groups (broad SMARTS) is 2. The van der Waals surface area contributed by atoms with Crippen LogP contribution < -0.4 is 0 Å². The van der Waals surface area contributed by atoms with Crippen LogP contribution >= 0.6 is 0 Å². The summed E-state index contributed by atoms with van der Waals surface area (Å²) in [5.74, 6) is -3.93. The highest BCUT2D eigenvalue weighted by molar-refractivity contribution is 5.99. The maximum absolute atomic E-state index is 12.8. The minimum absolute atomic E-state index is 0.178. The Labute approximate surface area is 141 Å². The molecule has 0 unspecified atom stereocenters. The topological polar surface area (TPSA) is 94.9 Å². The fraction of sp³-hybridized carbons (Fsp3) is 0.438. The average molecular weight is 361 g/mol. The number of hydrogen-bond acceptors (Lipinski definition) is 3. The zero-order valence-electron chi connectivity index (χ0n) is 13.6. The normalized spacial score (nSPS) is 13.8. The van der Waals surface area contributed by atoms with E-state index in [1.165, 1.54) is 13.8 Å². The minimum atomic E-state index is -4.66. The van der Waals surface area contributed by atoms with Crippen molar-refractivity contribution in [1.82, 2.24) is 4.90 Å². The van der Waals surface area contributed by atoms with Crippen molar-refractivity contribution in [3.8, 4) is 0 Å². The van der Waals surface area contributed by atoms with E-state index in [0.717, 1.165) is 23.1 Å². The van der Waals surface area contributed by atoms with Gasteiger partial charge in [0.05, 0.1) is 12.0 Å². The molecule has 0 aromatic heterocycles. The van der Waals surface area contributed by atoms with Gasteiger partial charge in [0.1, 0.15) is 0 Å². The molecule has 1 amide bonds. The molecule has 138 valence electrons. The average Bonchev–Trinajstić information content (AvgIpc) is 2.52. The molecule has 25 heavy (non-hydrogen) atoms. The predicted molar refractivity (Wildman–Crippen MR) is 81.1 cm³/mol. The standard InChI is InChI=1S/C16H18F3NO5/c1-3-15(14(24)25,9-12(21)22)20(4-2)13(23)10-6-5-7-11(8-10)16(17,18)19/h5-8H,3-4,9H2,1-2H3,(H,21,22)(H,24,25)/t15-/m0/s1. The van der Waals surface area contributed by atoms with Gasteiger partial charge in [0, 0.05) is 12.1 Å². The molecule has 0 saturated heterocycles. The summed E-state index contributed by atoms with van der Waals surface area (Å²) in [5, 5.41) is 18.5. The lowest BCUT2D eigenvalue weighted by Crippen LogP contribution is -2.57. The number of amides is 1. The Bertz CT molecular complexity index is 674. The molecule has 2 N–H and O–H groups in total. The first kappa shape index (κ1) is 20.5. The molecule has 1 rings (SSSR count). The van der Waals surface area contributed by atoms with Crippen LogP contribution in [0.2, 0.25) is 0 Å². The van der Waals surface area contributed by atoms with Crippen LogP contribution in [-0.4, -0.2) is 45.0 Å². The summed E-state index contributed by atoms with van der Waals surface area (Å²) in [7, 11) is 0. The molecule has 0 aliphatic rings. The van der Waals surface area contributed by atoms with Crippen molar-refractivity contribution < 1.29 is 37.8 Å². The first-order valence-corrected chi connectivity index (χ1v) is 7.44. The van der Waals surface area contributed by atoms with E-state index >= 15 is 0 Å². The van der Waals surface area contributed by atoms with Crippen LogP contribution in [0.1, 0.15) is 42.6 Å². The van der Waals surface area contributed by atoms with Crippen molar-refractivity contribution in [2.45, 2.75) is 38.4 Å². The number of hydrogen-bond donors (Lipinski definition) is 2. The molecule has 0 bridgehead atoms. The molecular weight excluding hydrogens is 343 g/mol. The van der Waals surface area contributed by atoms with Crippen molar-refractivity contribution in [3.05, 3.63) is 35.4 Å². The highest BCUT2D eigenvalue weighted by Crippen LogP contribution is 2.31. The zero-order valence-corrected chi connectivity index (χ0v) is 13.6. The molecular formula is C16H18F3NO5. The second-order valence-electron chi connectivity index (χ2n) is 5.39. The molecule has 0 aliphatic carbocycles. The molecule has 0 spiro atoms. The smallest absolute Gasteiger partial charge is 0.416 e. The minimum Gasteiger partial charge on any atom is -0.481 e. The van der Waals surface area contributed by atoms with E-state index in [9.17, 15) is 32.7 Å². The van der Waals surface area contributed by atoms with E-state index in [1.54, 1.807) is 0 Å². The molecule has 1 atom stereocenters. The molecule has 0 heterocycles. The molecule has 1 aromatic carbocycles. The van der Waals surface area contributed by atoms with Crippen molar-refractivity contribution in [2.75, 3.05) is 6.54 Å². The molecule has 0 saturated carbocycles. The molecule has 1 aromatic rings. The van der Waals surface area contributed by atoms with E-state index in [0.29, 0.717) is 6.07 Å². The SMILES string of the molecule is CCN(C(=O)c1cccc(C(F)(F)F)c1)[C@@](CC)(CC(=O)O)C(=O)O. The molecule has 0 aliphatic heterocycles. The van der Waals surface area contributed by atoms with Crippen LogP contribution in [0.4, 0.5) is 13.2 Å². The van der Waals surface area contributed by atoms with Crippen molar-refractivity contribution in [1.29, 1.82) is 0 Å². The highest BCUT2D eigenvalue weighted by atomic mass is 19.4. The van der Waals surface area contributed by atoms with Crippen LogP contribution in [0.25, 0.3) is 0 Å². The maximum Gasteiger partial charge on any atom is 0.416 e. The van der Waals surface area contributed by atoms with Crippen molar-refractivity contribution in [2.24, 2.45) is 0 Å². The number of nitrogens with zero attached hydrogens (tertiary/aromatic N) is 1. The lowest BCUT2D eigenvalue weighted by molar-refractivity contribution is -0.156. The third-order valence-corrected chi connectivity index (χ3v) is 3.94. The van der Waals surface area contributed by atoms with E-state index in [4.69, 9.17) is 5.11 Å². The Morgan fingerprint density at radius 3 is 2.12 bits per heavy atom. The van der Waals surface area contributed by atoms with Gasteiger partial charge in [-0.05, 0) is 31.5 Å². The van der Waals surface area contributed by atoms with Crippen molar-refractivity contribution >= 4 is 17.8 Å². The third kappa shape index (κ3) is 4.28. The Hall–Kier alpha value is -2.58. The van der Waals surface area contributed by atoms with Crippen LogP contribution in [0.3, 0.4) is 0 Å². The highest BCUT2D eigenvalue weighted by Gasteiger charge is 2.47. The van der Waals surface area contributed by atoms with Crippen LogP contribution in [0.5, 0.6) is 0 Å².